The quantitative estimate of drug-likeness (QED) is 0.127. The molecule has 7 heteroatoms. The van der Waals surface area contributed by atoms with E-state index in [1.165, 1.54) is 0 Å². The lowest BCUT2D eigenvalue weighted by Gasteiger charge is -2.23. The van der Waals surface area contributed by atoms with E-state index in [2.05, 4.69) is 0 Å². The zero-order valence-corrected chi connectivity index (χ0v) is 25.8. The van der Waals surface area contributed by atoms with Crippen molar-refractivity contribution in [3.8, 4) is 23.0 Å². The summed E-state index contributed by atoms with van der Waals surface area (Å²) in [5, 5.41) is 1.78. The number of imide groups is 1. The Hall–Kier alpha value is -5.71. The van der Waals surface area contributed by atoms with E-state index < -0.39 is 19.0 Å². The average Bonchev–Trinajstić information content (AvgIpc) is 3.34. The molecule has 7 rings (SSSR count). The standard InChI is InChI=1S/C39H28NO5P/c1-27-12-10-14-29(24-27)44-31-22-23-37(46(43,32-16-4-2-5-17-32)33-18-6-3-7-19-33)36(26-31)45-30-15-11-13-28(25-30)40-38(41)34-20-8-9-21-35(34)39(40)42/h2-26H,1H3. The minimum Gasteiger partial charge on any atom is -0.457 e. The van der Waals surface area contributed by atoms with Gasteiger partial charge >= 0.3 is 0 Å². The fourth-order valence-electron chi connectivity index (χ4n) is 5.65. The number of carbonyl (C=O) groups excluding carboxylic acids is 2. The van der Waals surface area contributed by atoms with Crippen molar-refractivity contribution in [3.63, 3.8) is 0 Å². The molecule has 0 radical (unpaired) electrons. The van der Waals surface area contributed by atoms with Crippen molar-refractivity contribution in [2.45, 2.75) is 6.92 Å². The summed E-state index contributed by atoms with van der Waals surface area (Å²) in [6, 6.07) is 45.2. The van der Waals surface area contributed by atoms with Crippen molar-refractivity contribution in [2.24, 2.45) is 0 Å². The van der Waals surface area contributed by atoms with Crippen LogP contribution in [0.3, 0.4) is 0 Å². The third-order valence-electron chi connectivity index (χ3n) is 7.83. The summed E-state index contributed by atoms with van der Waals surface area (Å²) in [4.78, 5) is 27.6. The highest BCUT2D eigenvalue weighted by Crippen LogP contribution is 2.47. The Bertz CT molecular complexity index is 2070. The summed E-state index contributed by atoms with van der Waals surface area (Å²) in [5.74, 6) is 1.03. The molecule has 0 saturated carbocycles. The number of hydrogen-bond donors (Lipinski definition) is 0. The van der Waals surface area contributed by atoms with Crippen molar-refractivity contribution in [3.05, 3.63) is 168 Å². The van der Waals surface area contributed by atoms with Crippen LogP contribution in [0.2, 0.25) is 0 Å². The molecule has 6 nitrogen and oxygen atoms in total. The molecule has 0 fully saturated rings. The smallest absolute Gasteiger partial charge is 0.266 e. The summed E-state index contributed by atoms with van der Waals surface area (Å²) >= 11 is 0. The van der Waals surface area contributed by atoms with Crippen molar-refractivity contribution >= 4 is 40.6 Å². The summed E-state index contributed by atoms with van der Waals surface area (Å²) in [5.41, 5.74) is 2.13. The van der Waals surface area contributed by atoms with Gasteiger partial charge in [-0.25, -0.2) is 4.90 Å². The first-order chi connectivity index (χ1) is 22.4. The predicted molar refractivity (Wildman–Crippen MR) is 181 cm³/mol. The van der Waals surface area contributed by atoms with Crippen LogP contribution in [0.5, 0.6) is 23.0 Å². The molecule has 6 aromatic carbocycles. The number of amides is 2. The zero-order chi connectivity index (χ0) is 31.7. The summed E-state index contributed by atoms with van der Waals surface area (Å²) < 4.78 is 28.2. The normalized spacial score (nSPS) is 12.6. The first kappa shape index (κ1) is 29.0. The molecule has 224 valence electrons. The molecule has 0 unspecified atom stereocenters. The molecule has 0 bridgehead atoms. The Morgan fingerprint density at radius 1 is 0.522 bits per heavy atom. The molecule has 0 aliphatic carbocycles. The van der Waals surface area contributed by atoms with Crippen LogP contribution in [0, 0.1) is 6.92 Å². The SMILES string of the molecule is Cc1cccc(Oc2ccc(P(=O)(c3ccccc3)c3ccccc3)c(Oc3cccc(N4C(=O)c5ccccc5C4=O)c3)c2)c1. The fraction of sp³-hybridized carbons (Fsp3) is 0.0256. The van der Waals surface area contributed by atoms with E-state index in [0.29, 0.717) is 55.7 Å². The van der Waals surface area contributed by atoms with Crippen molar-refractivity contribution in [1.82, 2.24) is 0 Å². The molecular formula is C39H28NO5P. The van der Waals surface area contributed by atoms with Crippen LogP contribution < -0.4 is 30.3 Å². The van der Waals surface area contributed by atoms with Crippen LogP contribution in [0.4, 0.5) is 5.69 Å². The molecule has 1 aliphatic rings. The zero-order valence-electron chi connectivity index (χ0n) is 24.9. The van der Waals surface area contributed by atoms with Crippen LogP contribution in [0.15, 0.2) is 152 Å². The second kappa shape index (κ2) is 12.0. The predicted octanol–water partition coefficient (Wildman–Crippen LogP) is 8.02. The molecule has 0 saturated heterocycles. The number of carbonyl (C=O) groups is 2. The van der Waals surface area contributed by atoms with E-state index >= 15 is 4.57 Å². The van der Waals surface area contributed by atoms with Gasteiger partial charge in [-0.3, -0.25) is 9.59 Å². The van der Waals surface area contributed by atoms with Gasteiger partial charge in [-0.2, -0.15) is 0 Å². The lowest BCUT2D eigenvalue weighted by molar-refractivity contribution is 0.0926. The van der Waals surface area contributed by atoms with Crippen molar-refractivity contribution in [1.29, 1.82) is 0 Å². The summed E-state index contributed by atoms with van der Waals surface area (Å²) in [7, 11) is -3.45. The Kier molecular flexibility index (Phi) is 7.57. The van der Waals surface area contributed by atoms with Gasteiger partial charge in [0.15, 0.2) is 7.14 Å². The number of anilines is 1. The molecule has 0 N–H and O–H groups in total. The van der Waals surface area contributed by atoms with E-state index in [1.807, 2.05) is 91.9 Å². The number of fused-ring (bicyclic) bond motifs is 1. The van der Waals surface area contributed by atoms with Crippen LogP contribution >= 0.6 is 7.14 Å². The van der Waals surface area contributed by atoms with Gasteiger partial charge in [0.05, 0.1) is 22.1 Å². The number of rotatable bonds is 8. The average molecular weight is 622 g/mol. The van der Waals surface area contributed by atoms with Gasteiger partial charge in [-0.05, 0) is 61.0 Å². The van der Waals surface area contributed by atoms with Crippen LogP contribution in [0.25, 0.3) is 0 Å². The third kappa shape index (κ3) is 5.29. The van der Waals surface area contributed by atoms with Gasteiger partial charge in [0.25, 0.3) is 11.8 Å². The maximum Gasteiger partial charge on any atom is 0.266 e. The molecule has 0 spiro atoms. The molecule has 2 amide bonds. The highest BCUT2D eigenvalue weighted by atomic mass is 31.2. The van der Waals surface area contributed by atoms with Gasteiger partial charge in [0.2, 0.25) is 0 Å². The number of nitrogens with zero attached hydrogens (tertiary/aromatic N) is 1. The Morgan fingerprint density at radius 2 is 1.07 bits per heavy atom. The van der Waals surface area contributed by atoms with Gasteiger partial charge < -0.3 is 14.0 Å². The maximum atomic E-state index is 15.4. The lowest BCUT2D eigenvalue weighted by Crippen LogP contribution is -2.29. The van der Waals surface area contributed by atoms with Crippen LogP contribution in [-0.2, 0) is 4.57 Å². The van der Waals surface area contributed by atoms with Gasteiger partial charge in [0.1, 0.15) is 23.0 Å². The third-order valence-corrected chi connectivity index (χ3v) is 10.9. The Labute approximate surface area is 266 Å². The largest absolute Gasteiger partial charge is 0.457 e. The second-order valence-electron chi connectivity index (χ2n) is 10.9. The summed E-state index contributed by atoms with van der Waals surface area (Å²) in [6.45, 7) is 1.99. The number of hydrogen-bond acceptors (Lipinski definition) is 5. The molecule has 6 aromatic rings. The van der Waals surface area contributed by atoms with E-state index in [1.54, 1.807) is 66.7 Å². The van der Waals surface area contributed by atoms with E-state index in [9.17, 15) is 9.59 Å². The van der Waals surface area contributed by atoms with Crippen molar-refractivity contribution < 1.29 is 23.6 Å². The Morgan fingerprint density at radius 3 is 1.67 bits per heavy atom. The maximum absolute atomic E-state index is 15.4. The van der Waals surface area contributed by atoms with E-state index in [4.69, 9.17) is 9.47 Å². The number of ether oxygens (including phenoxy) is 2. The molecule has 0 aromatic heterocycles. The van der Waals surface area contributed by atoms with Gasteiger partial charge in [0, 0.05) is 22.7 Å². The first-order valence-electron chi connectivity index (χ1n) is 14.8. The number of aryl methyl sites for hydroxylation is 1. The molecular weight excluding hydrogens is 593 g/mol. The fourth-order valence-corrected chi connectivity index (χ4v) is 8.40. The molecule has 0 atom stereocenters. The van der Waals surface area contributed by atoms with Gasteiger partial charge in [-0.1, -0.05) is 91.0 Å². The molecule has 1 aliphatic heterocycles. The highest BCUT2D eigenvalue weighted by molar-refractivity contribution is 7.85. The molecule has 46 heavy (non-hydrogen) atoms. The minimum atomic E-state index is -3.45. The van der Waals surface area contributed by atoms with E-state index in [0.717, 1.165) is 10.5 Å². The van der Waals surface area contributed by atoms with Gasteiger partial charge in [-0.15, -0.1) is 0 Å². The monoisotopic (exact) mass is 621 g/mol. The number of benzene rings is 6. The van der Waals surface area contributed by atoms with Crippen LogP contribution in [-0.4, -0.2) is 11.8 Å². The van der Waals surface area contributed by atoms with Crippen molar-refractivity contribution in [2.75, 3.05) is 4.90 Å². The lowest BCUT2D eigenvalue weighted by atomic mass is 10.1. The Balaban J connectivity index is 1.34. The highest BCUT2D eigenvalue weighted by Gasteiger charge is 2.37. The second-order valence-corrected chi connectivity index (χ2v) is 13.7. The van der Waals surface area contributed by atoms with E-state index in [-0.39, 0.29) is 0 Å². The summed E-state index contributed by atoms with van der Waals surface area (Å²) in [6.07, 6.45) is 0. The first-order valence-corrected chi connectivity index (χ1v) is 16.5. The topological polar surface area (TPSA) is 72.9 Å². The molecule has 1 heterocycles. The minimum absolute atomic E-state index is 0.320. The van der Waals surface area contributed by atoms with Crippen LogP contribution in [0.1, 0.15) is 26.3 Å².